The molecule has 0 saturated heterocycles. The minimum Gasteiger partial charge on any atom is 0 e. The molecular formula is C8H16HfHg3N. The fraction of sp³-hybridized carbons (Fsp3) is 1.00. The normalized spacial score (nSPS) is 13.2. The second kappa shape index (κ2) is 7.86. The van der Waals surface area contributed by atoms with Crippen LogP contribution >= 0.6 is 0 Å². The molecule has 5 heteroatoms. The van der Waals surface area contributed by atoms with Crippen LogP contribution in [0.15, 0.2) is 0 Å². The Kier molecular flexibility index (Phi) is 11.5. The standard InChI is InChI=1S/C8H16N.Hf.3Hg/c1-6-9(7-2)8(3,4)5;;;;/h6-7H2,1-4H3;;;;. The van der Waals surface area contributed by atoms with Crippen molar-refractivity contribution in [2.45, 2.75) is 31.2 Å². The summed E-state index contributed by atoms with van der Waals surface area (Å²) < 4.78 is 0.930. The summed E-state index contributed by atoms with van der Waals surface area (Å²) in [7, 11) is 0. The van der Waals surface area contributed by atoms with Crippen LogP contribution in [-0.2, 0) is 104 Å². The van der Waals surface area contributed by atoms with Crippen molar-refractivity contribution in [2.24, 2.45) is 0 Å². The van der Waals surface area contributed by atoms with Gasteiger partial charge >= 0.3 is 128 Å². The summed E-state index contributed by atoms with van der Waals surface area (Å²) in [6, 6.07) is 0. The molecular weight excluding hydrogens is 890 g/mol. The number of hydrogen-bond acceptors (Lipinski definition) is 1. The van der Waals surface area contributed by atoms with Gasteiger partial charge in [0, 0.05) is 25.8 Å². The first-order valence-corrected chi connectivity index (χ1v) is 12.8. The van der Waals surface area contributed by atoms with Crippen molar-refractivity contribution in [2.75, 3.05) is 13.1 Å². The van der Waals surface area contributed by atoms with Crippen LogP contribution in [-0.4, -0.2) is 23.5 Å². The van der Waals surface area contributed by atoms with Crippen LogP contribution in [0, 0.1) is 0 Å². The Morgan fingerprint density at radius 1 is 1.00 bits per heavy atom. The molecule has 0 aromatic carbocycles. The van der Waals surface area contributed by atoms with E-state index in [9.17, 15) is 0 Å². The van der Waals surface area contributed by atoms with Gasteiger partial charge < -0.3 is 0 Å². The first-order chi connectivity index (χ1) is 5.27. The quantitative estimate of drug-likeness (QED) is 0.390. The van der Waals surface area contributed by atoms with Crippen molar-refractivity contribution in [3.63, 3.8) is 0 Å². The van der Waals surface area contributed by atoms with Gasteiger partial charge in [0.05, 0.1) is 0 Å². The molecule has 0 radical (unpaired) electrons. The van der Waals surface area contributed by atoms with Gasteiger partial charge in [-0.2, -0.15) is 0 Å². The van der Waals surface area contributed by atoms with Gasteiger partial charge in [0.25, 0.3) is 0 Å². The van der Waals surface area contributed by atoms with Crippen LogP contribution in [0.25, 0.3) is 0 Å². The molecule has 0 aliphatic carbocycles. The zero-order chi connectivity index (χ0) is 9.99. The molecule has 0 aliphatic rings. The molecule has 0 aromatic heterocycles. The summed E-state index contributed by atoms with van der Waals surface area (Å²) in [5.41, 5.74) is 0.547. The Morgan fingerprint density at radius 2 is 1.31 bits per heavy atom. The van der Waals surface area contributed by atoms with Crippen LogP contribution in [0.5, 0.6) is 0 Å². The Labute approximate surface area is 150 Å². The van der Waals surface area contributed by atoms with Gasteiger partial charge in [-0.05, 0) is 0 Å². The summed E-state index contributed by atoms with van der Waals surface area (Å²) in [6.45, 7) is 12.0. The van der Waals surface area contributed by atoms with E-state index in [-0.39, 0.29) is 25.8 Å². The van der Waals surface area contributed by atoms with Gasteiger partial charge in [0.1, 0.15) is 0 Å². The topological polar surface area (TPSA) is 3.24 Å². The first kappa shape index (κ1) is 19.0. The summed E-state index contributed by atoms with van der Waals surface area (Å²) in [5.74, 6) is 0. The monoisotopic (exact) mass is 912 g/mol. The Hall–Kier alpha value is 3.64. The molecule has 0 saturated carbocycles. The number of hydrogen-bond donors (Lipinski definition) is 0. The number of nitrogens with zero attached hydrogens (tertiary/aromatic N) is 1. The average Bonchev–Trinajstić information content (AvgIpc) is 1.87. The minimum atomic E-state index is 0. The minimum absolute atomic E-state index is 0. The van der Waals surface area contributed by atoms with Crippen molar-refractivity contribution in [3.8, 4) is 0 Å². The third-order valence-electron chi connectivity index (χ3n) is 2.85. The Balaban J connectivity index is 0. The smallest absolute Gasteiger partial charge is 0 e. The summed E-state index contributed by atoms with van der Waals surface area (Å²) in [6.07, 6.45) is 0. The van der Waals surface area contributed by atoms with Crippen molar-refractivity contribution < 1.29 is 104 Å². The molecule has 13 heavy (non-hydrogen) atoms. The molecule has 0 atom stereocenters. The Morgan fingerprint density at radius 3 is 1.38 bits per heavy atom. The van der Waals surface area contributed by atoms with E-state index in [1.54, 1.807) is 0 Å². The molecule has 0 aromatic rings. The van der Waals surface area contributed by atoms with Gasteiger partial charge in [0.2, 0.25) is 0 Å². The van der Waals surface area contributed by atoms with Gasteiger partial charge in [-0.25, -0.2) is 0 Å². The van der Waals surface area contributed by atoms with Gasteiger partial charge in [0.15, 0.2) is 0 Å². The van der Waals surface area contributed by atoms with E-state index in [1.165, 1.54) is 13.1 Å². The SMILES string of the molecule is CCN(CC)C(C)(C)[C]([Hg])([Hg])[Hg].[Hf]. The van der Waals surface area contributed by atoms with Crippen LogP contribution < -0.4 is 0 Å². The zero-order valence-electron chi connectivity index (χ0n) is 9.48. The molecule has 0 heterocycles. The summed E-state index contributed by atoms with van der Waals surface area (Å²) >= 11 is 3.00. The van der Waals surface area contributed by atoms with Crippen molar-refractivity contribution in [1.82, 2.24) is 4.90 Å². The fourth-order valence-corrected chi connectivity index (χ4v) is 3.96. The maximum Gasteiger partial charge on any atom is 0 e. The zero-order valence-corrected chi connectivity index (χ0v) is 29.6. The third kappa shape index (κ3) is 5.67. The Bertz CT molecular complexity index is 141. The molecule has 0 fully saturated rings. The van der Waals surface area contributed by atoms with Crippen molar-refractivity contribution >= 4 is 0 Å². The first-order valence-electron chi connectivity index (χ1n) is 4.58. The molecule has 0 rings (SSSR count). The van der Waals surface area contributed by atoms with E-state index >= 15 is 0 Å². The molecule has 0 bridgehead atoms. The van der Waals surface area contributed by atoms with Gasteiger partial charge in [-0.3, -0.25) is 0 Å². The fourth-order valence-electron chi connectivity index (χ4n) is 1.35. The number of rotatable bonds is 4. The van der Waals surface area contributed by atoms with E-state index in [1.807, 2.05) is 0 Å². The maximum absolute atomic E-state index is 2.67. The van der Waals surface area contributed by atoms with Gasteiger partial charge in [-0.15, -0.1) is 0 Å². The maximum atomic E-state index is 2.67. The molecule has 0 amide bonds. The van der Waals surface area contributed by atoms with E-state index in [2.05, 4.69) is 32.6 Å². The van der Waals surface area contributed by atoms with E-state index < -0.39 is 0 Å². The van der Waals surface area contributed by atoms with E-state index in [4.69, 9.17) is 0 Å². The van der Waals surface area contributed by atoms with Crippen molar-refractivity contribution in [3.05, 3.63) is 0 Å². The van der Waals surface area contributed by atoms with Crippen LogP contribution in [0.3, 0.4) is 0 Å². The van der Waals surface area contributed by atoms with Gasteiger partial charge in [-0.1, -0.05) is 0 Å². The van der Waals surface area contributed by atoms with E-state index in [0.29, 0.717) is 5.54 Å². The predicted octanol–water partition coefficient (Wildman–Crippen LogP) is 1.82. The largest absolute Gasteiger partial charge is 0 e. The van der Waals surface area contributed by atoms with Crippen molar-refractivity contribution in [1.29, 1.82) is 0 Å². The predicted molar refractivity (Wildman–Crippen MR) is 39.7 cm³/mol. The molecule has 0 spiro atoms. The third-order valence-corrected chi connectivity index (χ3v) is 12.9. The molecule has 1 nitrogen and oxygen atoms in total. The molecule has 0 aliphatic heterocycles. The van der Waals surface area contributed by atoms with Crippen LogP contribution in [0.4, 0.5) is 0 Å². The average molecular weight is 906 g/mol. The van der Waals surface area contributed by atoms with Crippen LogP contribution in [0.1, 0.15) is 27.7 Å². The van der Waals surface area contributed by atoms with Crippen LogP contribution in [0.2, 0.25) is -2.06 Å². The second-order valence-electron chi connectivity index (χ2n) is 4.01. The summed E-state index contributed by atoms with van der Waals surface area (Å²) in [4.78, 5) is 2.67. The second-order valence-corrected chi connectivity index (χ2v) is 65.1. The molecule has 63 valence electrons. The van der Waals surface area contributed by atoms with E-state index in [0.717, 1.165) is 76.3 Å². The molecule has 0 N–H and O–H groups in total. The summed E-state index contributed by atoms with van der Waals surface area (Å²) in [5, 5.41) is 0. The molecule has 0 unspecified atom stereocenters.